The normalized spacial score (nSPS) is 16.1. The number of fused-ring (bicyclic) bond motifs is 1. The molecule has 0 spiro atoms. The van der Waals surface area contributed by atoms with Crippen LogP contribution < -0.4 is 5.32 Å². The van der Waals surface area contributed by atoms with Crippen LogP contribution in [0.15, 0.2) is 66.0 Å². The molecule has 0 unspecified atom stereocenters. The van der Waals surface area contributed by atoms with Crippen LogP contribution in [0.4, 0.5) is 0 Å². The fraction of sp³-hybridized carbons (Fsp3) is 0.357. The lowest BCUT2D eigenvalue weighted by atomic mass is 10.1. The molecule has 1 aliphatic rings. The maximum atomic E-state index is 13.9. The van der Waals surface area contributed by atoms with Gasteiger partial charge in [-0.25, -0.2) is 4.68 Å². The van der Waals surface area contributed by atoms with Crippen molar-refractivity contribution in [2.24, 2.45) is 0 Å². The van der Waals surface area contributed by atoms with Gasteiger partial charge in [-0.15, -0.1) is 16.4 Å². The van der Waals surface area contributed by atoms with Crippen molar-refractivity contribution < 1.29 is 14.3 Å². The Hall–Kier alpha value is -3.56. The van der Waals surface area contributed by atoms with E-state index in [1.54, 1.807) is 9.58 Å². The number of ether oxygens (including phenoxy) is 1. The van der Waals surface area contributed by atoms with E-state index < -0.39 is 6.04 Å². The molecule has 0 radical (unpaired) electrons. The fourth-order valence-corrected chi connectivity index (χ4v) is 5.76. The molecule has 0 saturated carbocycles. The third-order valence-corrected chi connectivity index (χ3v) is 7.82. The average Bonchev–Trinajstić information content (AvgIpc) is 3.68. The molecule has 4 aromatic rings. The van der Waals surface area contributed by atoms with Crippen LogP contribution in [0.5, 0.6) is 0 Å². The molecule has 5 rings (SSSR count). The highest BCUT2D eigenvalue weighted by Gasteiger charge is 2.34. The number of nitrogens with one attached hydrogen (secondary N) is 1. The highest BCUT2D eigenvalue weighted by atomic mass is 32.1. The Bertz CT molecular complexity index is 1350. The van der Waals surface area contributed by atoms with Crippen LogP contribution in [-0.2, 0) is 27.3 Å². The van der Waals surface area contributed by atoms with Crippen LogP contribution in [0, 0.1) is 6.92 Å². The van der Waals surface area contributed by atoms with Crippen LogP contribution in [0.2, 0.25) is 0 Å². The van der Waals surface area contributed by atoms with E-state index in [0.29, 0.717) is 19.5 Å². The molecule has 0 aliphatic carbocycles. The lowest BCUT2D eigenvalue weighted by Crippen LogP contribution is -2.47. The zero-order valence-corrected chi connectivity index (χ0v) is 21.7. The molecular weight excluding hydrogens is 486 g/mol. The van der Waals surface area contributed by atoms with E-state index in [-0.39, 0.29) is 24.5 Å². The predicted molar refractivity (Wildman–Crippen MR) is 143 cm³/mol. The van der Waals surface area contributed by atoms with E-state index in [4.69, 9.17) is 4.74 Å². The number of benzene rings is 2. The molecule has 2 aromatic heterocycles. The average molecular weight is 518 g/mol. The smallest absolute Gasteiger partial charge is 0.248 e. The second-order valence-electron chi connectivity index (χ2n) is 9.31. The topological polar surface area (TPSA) is 89.4 Å². The van der Waals surface area contributed by atoms with Crippen molar-refractivity contribution in [2.45, 2.75) is 44.9 Å². The molecule has 2 atom stereocenters. The second kappa shape index (κ2) is 11.7. The molecule has 8 nitrogen and oxygen atoms in total. The summed E-state index contributed by atoms with van der Waals surface area (Å²) in [5.74, 6) is -0.373. The molecule has 9 heteroatoms. The quantitative estimate of drug-likeness (QED) is 0.345. The van der Waals surface area contributed by atoms with E-state index in [1.165, 1.54) is 11.3 Å². The second-order valence-corrected chi connectivity index (χ2v) is 10.3. The van der Waals surface area contributed by atoms with Crippen LogP contribution in [-0.4, -0.2) is 57.5 Å². The van der Waals surface area contributed by atoms with Crippen molar-refractivity contribution in [3.8, 4) is 0 Å². The Morgan fingerprint density at radius 1 is 1.16 bits per heavy atom. The summed E-state index contributed by atoms with van der Waals surface area (Å²) in [6.45, 7) is 3.53. The fourth-order valence-electron chi connectivity index (χ4n) is 4.73. The van der Waals surface area contributed by atoms with Crippen LogP contribution >= 0.6 is 11.3 Å². The molecule has 3 heterocycles. The molecule has 1 aliphatic heterocycles. The summed E-state index contributed by atoms with van der Waals surface area (Å²) in [4.78, 5) is 30.2. The summed E-state index contributed by atoms with van der Waals surface area (Å²) in [6.07, 6.45) is 2.58. The maximum Gasteiger partial charge on any atom is 0.248 e. The molecule has 2 amide bonds. The Kier molecular flexibility index (Phi) is 7.91. The number of carbonyl (C=O) groups is 2. The van der Waals surface area contributed by atoms with Gasteiger partial charge in [-0.1, -0.05) is 47.7 Å². The van der Waals surface area contributed by atoms with Crippen molar-refractivity contribution in [1.82, 2.24) is 25.2 Å². The number of aryl methyl sites for hydroxylation is 1. The van der Waals surface area contributed by atoms with Crippen LogP contribution in [0.1, 0.15) is 34.9 Å². The number of hydrogen-bond donors (Lipinski definition) is 1. The van der Waals surface area contributed by atoms with Gasteiger partial charge in [0.25, 0.3) is 0 Å². The van der Waals surface area contributed by atoms with Crippen molar-refractivity contribution in [1.29, 1.82) is 0 Å². The Morgan fingerprint density at radius 3 is 2.73 bits per heavy atom. The molecule has 1 N–H and O–H groups in total. The van der Waals surface area contributed by atoms with Gasteiger partial charge in [0.05, 0.1) is 11.6 Å². The SMILES string of the molecule is Cc1ccsc1[C@@H](C(=O)NC[C@H]1CCCO1)N(CCc1ccccc1)C(=O)Cn1nnc2ccccc21. The number of nitrogens with zero attached hydrogens (tertiary/aromatic N) is 4. The first kappa shape index (κ1) is 25.1. The summed E-state index contributed by atoms with van der Waals surface area (Å²) in [7, 11) is 0. The molecule has 1 saturated heterocycles. The highest BCUT2D eigenvalue weighted by Crippen LogP contribution is 2.30. The monoisotopic (exact) mass is 517 g/mol. The number of thiophene rings is 1. The van der Waals surface area contributed by atoms with Gasteiger partial charge in [-0.3, -0.25) is 9.59 Å². The van der Waals surface area contributed by atoms with E-state index in [2.05, 4.69) is 15.6 Å². The van der Waals surface area contributed by atoms with Gasteiger partial charge in [0.2, 0.25) is 11.8 Å². The summed E-state index contributed by atoms with van der Waals surface area (Å²) in [5, 5.41) is 13.5. The van der Waals surface area contributed by atoms with Gasteiger partial charge in [0.15, 0.2) is 0 Å². The van der Waals surface area contributed by atoms with Crippen LogP contribution in [0.3, 0.4) is 0 Å². The summed E-state index contributed by atoms with van der Waals surface area (Å²) in [5.41, 5.74) is 3.61. The zero-order valence-electron chi connectivity index (χ0n) is 20.9. The minimum Gasteiger partial charge on any atom is -0.376 e. The third kappa shape index (κ3) is 5.89. The van der Waals surface area contributed by atoms with Gasteiger partial charge in [0, 0.05) is 24.6 Å². The minimum absolute atomic E-state index is 0.00472. The molecule has 0 bridgehead atoms. The number of carbonyl (C=O) groups excluding carboxylic acids is 2. The first-order chi connectivity index (χ1) is 18.1. The standard InChI is InChI=1S/C28H31N5O3S/c1-20-14-17-37-27(20)26(28(35)29-18-22-10-7-16-36-22)32(15-13-21-8-3-2-4-9-21)25(34)19-33-24-12-6-5-11-23(24)30-31-33/h2-6,8-9,11-12,14,17,22,26H,7,10,13,15-16,18-19H2,1H3,(H,29,35)/t22-,26+/m1/s1. The first-order valence-corrected chi connectivity index (χ1v) is 13.5. The Balaban J connectivity index is 1.44. The maximum absolute atomic E-state index is 13.9. The minimum atomic E-state index is -0.743. The molecule has 37 heavy (non-hydrogen) atoms. The molecular formula is C28H31N5O3S. The van der Waals surface area contributed by atoms with E-state index in [0.717, 1.165) is 46.5 Å². The Morgan fingerprint density at radius 2 is 1.97 bits per heavy atom. The van der Waals surface area contributed by atoms with Crippen molar-refractivity contribution >= 4 is 34.2 Å². The predicted octanol–water partition coefficient (Wildman–Crippen LogP) is 3.91. The van der Waals surface area contributed by atoms with E-state index in [9.17, 15) is 9.59 Å². The number of aromatic nitrogens is 3. The molecule has 2 aromatic carbocycles. The highest BCUT2D eigenvalue weighted by molar-refractivity contribution is 7.10. The number of rotatable bonds is 10. The first-order valence-electron chi connectivity index (χ1n) is 12.6. The summed E-state index contributed by atoms with van der Waals surface area (Å²) >= 11 is 1.50. The van der Waals surface area contributed by atoms with Gasteiger partial charge in [-0.2, -0.15) is 0 Å². The third-order valence-electron chi connectivity index (χ3n) is 6.75. The number of hydrogen-bond acceptors (Lipinski definition) is 6. The summed E-state index contributed by atoms with van der Waals surface area (Å²) < 4.78 is 7.32. The lowest BCUT2D eigenvalue weighted by molar-refractivity contribution is -0.141. The van der Waals surface area contributed by atoms with Crippen molar-refractivity contribution in [3.05, 3.63) is 82.0 Å². The van der Waals surface area contributed by atoms with Crippen molar-refractivity contribution in [3.63, 3.8) is 0 Å². The van der Waals surface area contributed by atoms with Gasteiger partial charge >= 0.3 is 0 Å². The molecule has 1 fully saturated rings. The van der Waals surface area contributed by atoms with E-state index >= 15 is 0 Å². The number of amides is 2. The zero-order chi connectivity index (χ0) is 25.6. The van der Waals surface area contributed by atoms with Gasteiger partial charge in [-0.05, 0) is 60.9 Å². The van der Waals surface area contributed by atoms with E-state index in [1.807, 2.05) is 73.0 Å². The lowest BCUT2D eigenvalue weighted by Gasteiger charge is -2.31. The number of para-hydroxylation sites is 1. The molecule has 192 valence electrons. The van der Waals surface area contributed by atoms with Gasteiger partial charge < -0.3 is 15.0 Å². The van der Waals surface area contributed by atoms with Crippen molar-refractivity contribution in [2.75, 3.05) is 19.7 Å². The van der Waals surface area contributed by atoms with Crippen LogP contribution in [0.25, 0.3) is 11.0 Å². The Labute approximate surface area is 220 Å². The summed E-state index contributed by atoms with van der Waals surface area (Å²) in [6, 6.07) is 18.8. The van der Waals surface area contributed by atoms with Gasteiger partial charge in [0.1, 0.15) is 18.1 Å². The largest absolute Gasteiger partial charge is 0.376 e.